The lowest BCUT2D eigenvalue weighted by atomic mass is 10.1. The van der Waals surface area contributed by atoms with Gasteiger partial charge in [0.1, 0.15) is 6.04 Å². The van der Waals surface area contributed by atoms with Gasteiger partial charge in [-0.05, 0) is 12.8 Å². The van der Waals surface area contributed by atoms with E-state index in [9.17, 15) is 14.7 Å². The van der Waals surface area contributed by atoms with Crippen LogP contribution in [0.2, 0.25) is 0 Å². The maximum absolute atomic E-state index is 11.8. The fourth-order valence-electron chi connectivity index (χ4n) is 3.38. The van der Waals surface area contributed by atoms with E-state index in [1.165, 1.54) is 57.8 Å². The predicted octanol–water partition coefficient (Wildman–Crippen LogP) is 3.41. The van der Waals surface area contributed by atoms with Crippen LogP contribution in [0.4, 0.5) is 0 Å². The first-order valence-electron chi connectivity index (χ1n) is 11.1. The van der Waals surface area contributed by atoms with Crippen LogP contribution >= 0.6 is 0 Å². The number of carbonyl (C=O) groups excluding carboxylic acids is 2. The highest BCUT2D eigenvalue weighted by atomic mass is 16.4. The second kappa shape index (κ2) is 15.9. The van der Waals surface area contributed by atoms with Gasteiger partial charge in [-0.3, -0.25) is 4.79 Å². The Morgan fingerprint density at radius 2 is 1.30 bits per heavy atom. The number of hydrogen-bond acceptors (Lipinski definition) is 3. The third-order valence-corrected chi connectivity index (χ3v) is 5.19. The largest absolute Gasteiger partial charge is 0.544 e. The summed E-state index contributed by atoms with van der Waals surface area (Å²) in [6.45, 7) is 2.79. The van der Waals surface area contributed by atoms with Crippen molar-refractivity contribution in [3.8, 4) is 0 Å². The lowest BCUT2D eigenvalue weighted by Gasteiger charge is -2.34. The molecule has 1 amide bonds. The summed E-state index contributed by atoms with van der Waals surface area (Å²) in [4.78, 5) is 23.0. The standard InChI is InChI=1S/C22H44N2O3/c1-5-6-7-8-9-10-11-12-13-14-15-18-21(25)23-19-16-17-20(22(26)27)24(2,3)4/h20H,5-19H2,1-4H3,(H-,23,25,26,27). The molecule has 0 aliphatic rings. The highest BCUT2D eigenvalue weighted by Crippen LogP contribution is 2.12. The molecule has 0 saturated carbocycles. The van der Waals surface area contributed by atoms with Crippen LogP contribution in [0.3, 0.4) is 0 Å². The van der Waals surface area contributed by atoms with Crippen molar-refractivity contribution in [3.63, 3.8) is 0 Å². The van der Waals surface area contributed by atoms with Crippen LogP contribution in [-0.4, -0.2) is 50.1 Å². The summed E-state index contributed by atoms with van der Waals surface area (Å²) in [5.74, 6) is -0.934. The van der Waals surface area contributed by atoms with E-state index in [-0.39, 0.29) is 5.91 Å². The Morgan fingerprint density at radius 3 is 1.74 bits per heavy atom. The van der Waals surface area contributed by atoms with E-state index in [0.29, 0.717) is 30.3 Å². The molecule has 0 aromatic rings. The minimum atomic E-state index is -1.02. The van der Waals surface area contributed by atoms with Gasteiger partial charge in [-0.2, -0.15) is 0 Å². The minimum absolute atomic E-state index is 0.0844. The zero-order chi connectivity index (χ0) is 20.5. The molecule has 0 saturated heterocycles. The summed E-state index contributed by atoms with van der Waals surface area (Å²) in [5.41, 5.74) is 0. The zero-order valence-corrected chi connectivity index (χ0v) is 18.4. The Morgan fingerprint density at radius 1 is 0.815 bits per heavy atom. The number of hydrogen-bond donors (Lipinski definition) is 1. The molecule has 0 aliphatic carbocycles. The molecule has 0 fully saturated rings. The van der Waals surface area contributed by atoms with E-state index in [1.807, 2.05) is 21.1 Å². The Balaban J connectivity index is 3.51. The summed E-state index contributed by atoms with van der Waals surface area (Å²) in [5, 5.41) is 14.1. The molecule has 0 aliphatic heterocycles. The van der Waals surface area contributed by atoms with Crippen molar-refractivity contribution < 1.29 is 19.2 Å². The van der Waals surface area contributed by atoms with E-state index in [1.54, 1.807) is 0 Å². The maximum atomic E-state index is 11.8. The van der Waals surface area contributed by atoms with Crippen molar-refractivity contribution in [2.75, 3.05) is 27.7 Å². The first-order chi connectivity index (χ1) is 12.8. The highest BCUT2D eigenvalue weighted by Gasteiger charge is 2.24. The van der Waals surface area contributed by atoms with Gasteiger partial charge in [-0.25, -0.2) is 0 Å². The van der Waals surface area contributed by atoms with Crippen LogP contribution in [0.1, 0.15) is 96.8 Å². The van der Waals surface area contributed by atoms with Gasteiger partial charge in [-0.15, -0.1) is 0 Å². The number of nitrogens with one attached hydrogen (secondary N) is 1. The van der Waals surface area contributed by atoms with E-state index >= 15 is 0 Å². The lowest BCUT2D eigenvalue weighted by Crippen LogP contribution is -2.54. The van der Waals surface area contributed by atoms with E-state index in [0.717, 1.165) is 12.8 Å². The van der Waals surface area contributed by atoms with Crippen LogP contribution < -0.4 is 10.4 Å². The first-order valence-corrected chi connectivity index (χ1v) is 11.1. The van der Waals surface area contributed by atoms with Crippen molar-refractivity contribution in [1.29, 1.82) is 0 Å². The van der Waals surface area contributed by atoms with Gasteiger partial charge < -0.3 is 19.7 Å². The number of amides is 1. The Kier molecular flexibility index (Phi) is 15.3. The normalized spacial score (nSPS) is 12.7. The molecule has 1 atom stereocenters. The van der Waals surface area contributed by atoms with Crippen LogP contribution in [-0.2, 0) is 9.59 Å². The number of likely N-dealkylation sites (N-methyl/N-ethyl adjacent to an activating group) is 1. The molecule has 0 radical (unpaired) electrons. The Bertz CT molecular complexity index is 392. The molecule has 27 heavy (non-hydrogen) atoms. The van der Waals surface area contributed by atoms with Crippen molar-refractivity contribution in [2.45, 2.75) is 103 Å². The van der Waals surface area contributed by atoms with Crippen molar-refractivity contribution >= 4 is 11.9 Å². The second-order valence-electron chi connectivity index (χ2n) is 8.73. The third-order valence-electron chi connectivity index (χ3n) is 5.19. The monoisotopic (exact) mass is 384 g/mol. The highest BCUT2D eigenvalue weighted by molar-refractivity contribution is 5.75. The molecule has 1 unspecified atom stereocenters. The van der Waals surface area contributed by atoms with Gasteiger partial charge in [0.25, 0.3) is 0 Å². The number of aliphatic carboxylic acids is 1. The molecule has 1 N–H and O–H groups in total. The average Bonchev–Trinajstić information content (AvgIpc) is 2.58. The summed E-state index contributed by atoms with van der Waals surface area (Å²) in [6.07, 6.45) is 15.8. The van der Waals surface area contributed by atoms with Crippen LogP contribution in [0.5, 0.6) is 0 Å². The number of unbranched alkanes of at least 4 members (excludes halogenated alkanes) is 10. The smallest absolute Gasteiger partial charge is 0.219 e. The fraction of sp³-hybridized carbons (Fsp3) is 0.909. The summed E-state index contributed by atoms with van der Waals surface area (Å²) in [6, 6.07) is -0.534. The molecule has 0 rings (SSSR count). The van der Waals surface area contributed by atoms with Gasteiger partial charge in [0.2, 0.25) is 5.91 Å². The molecule has 0 heterocycles. The minimum Gasteiger partial charge on any atom is -0.544 e. The predicted molar refractivity (Wildman–Crippen MR) is 110 cm³/mol. The zero-order valence-electron chi connectivity index (χ0n) is 18.4. The molecule has 0 bridgehead atoms. The number of nitrogens with zero attached hydrogens (tertiary/aromatic N) is 1. The lowest BCUT2D eigenvalue weighted by molar-refractivity contribution is -0.889. The fourth-order valence-corrected chi connectivity index (χ4v) is 3.38. The van der Waals surface area contributed by atoms with Gasteiger partial charge in [0.15, 0.2) is 0 Å². The molecular formula is C22H44N2O3. The molecule has 0 aromatic carbocycles. The Labute approximate surface area is 167 Å². The quantitative estimate of drug-likeness (QED) is 0.291. The molecule has 5 heteroatoms. The summed E-state index contributed by atoms with van der Waals surface area (Å²) < 4.78 is 0.342. The topological polar surface area (TPSA) is 69.2 Å². The van der Waals surface area contributed by atoms with Gasteiger partial charge in [-0.1, -0.05) is 71.1 Å². The van der Waals surface area contributed by atoms with E-state index in [2.05, 4.69) is 12.2 Å². The van der Waals surface area contributed by atoms with Crippen molar-refractivity contribution in [3.05, 3.63) is 0 Å². The Hall–Kier alpha value is -1.10. The number of rotatable bonds is 18. The first kappa shape index (κ1) is 25.9. The molecule has 160 valence electrons. The van der Waals surface area contributed by atoms with Gasteiger partial charge in [0, 0.05) is 19.4 Å². The molecular weight excluding hydrogens is 340 g/mol. The van der Waals surface area contributed by atoms with Gasteiger partial charge in [0.05, 0.1) is 27.1 Å². The maximum Gasteiger partial charge on any atom is 0.219 e. The second-order valence-corrected chi connectivity index (χ2v) is 8.73. The number of carbonyl (C=O) groups is 2. The number of quaternary nitrogens is 1. The van der Waals surface area contributed by atoms with Crippen LogP contribution in [0.15, 0.2) is 0 Å². The average molecular weight is 385 g/mol. The van der Waals surface area contributed by atoms with Crippen LogP contribution in [0.25, 0.3) is 0 Å². The molecule has 0 aromatic heterocycles. The van der Waals surface area contributed by atoms with Crippen molar-refractivity contribution in [2.24, 2.45) is 0 Å². The molecule has 5 nitrogen and oxygen atoms in total. The molecule has 0 spiro atoms. The summed E-state index contributed by atoms with van der Waals surface area (Å²) in [7, 11) is 5.56. The number of carboxylic acids is 1. The summed E-state index contributed by atoms with van der Waals surface area (Å²) >= 11 is 0. The van der Waals surface area contributed by atoms with Crippen molar-refractivity contribution in [1.82, 2.24) is 5.32 Å². The SMILES string of the molecule is CCCCCCCCCCCCCC(=O)NCCCC(C(=O)[O-])[N+](C)(C)C. The number of carboxylic acid groups (broad SMARTS) is 1. The van der Waals surface area contributed by atoms with Crippen LogP contribution in [0, 0.1) is 0 Å². The van der Waals surface area contributed by atoms with Gasteiger partial charge >= 0.3 is 0 Å². The third kappa shape index (κ3) is 15.6. The van der Waals surface area contributed by atoms with E-state index < -0.39 is 12.0 Å². The van der Waals surface area contributed by atoms with E-state index in [4.69, 9.17) is 0 Å².